The number of hydrogen-bond acceptors (Lipinski definition) is 4. The van der Waals surface area contributed by atoms with Crippen LogP contribution in [0.3, 0.4) is 0 Å². The highest BCUT2D eigenvalue weighted by Gasteiger charge is 2.30. The number of rotatable bonds is 14. The van der Waals surface area contributed by atoms with Gasteiger partial charge in [-0.05, 0) is 63.7 Å². The number of benzene rings is 4. The number of fused-ring (bicyclic) bond motifs is 1. The minimum absolute atomic E-state index is 0.501. The summed E-state index contributed by atoms with van der Waals surface area (Å²) in [6.45, 7) is 4.97. The molecule has 9 heteroatoms. The van der Waals surface area contributed by atoms with Gasteiger partial charge in [-0.2, -0.15) is 13.2 Å². The SMILES string of the molecule is CN(C)C(=NCCCN(Cc1ccc(CN(Cc2ccc(C(F)(F)F)cc2)Cc2ccccn2)cc1)Cc1cccc2ccccc12)N(C)C. The van der Waals surface area contributed by atoms with Gasteiger partial charge in [0, 0.05) is 80.2 Å². The summed E-state index contributed by atoms with van der Waals surface area (Å²) in [6, 6.07) is 35.0. The number of hydrogen-bond donors (Lipinski definition) is 0. The zero-order chi connectivity index (χ0) is 35.5. The number of pyridine rings is 1. The normalized spacial score (nSPS) is 11.7. The lowest BCUT2D eigenvalue weighted by molar-refractivity contribution is -0.137. The van der Waals surface area contributed by atoms with Gasteiger partial charge in [0.2, 0.25) is 0 Å². The molecule has 0 unspecified atom stereocenters. The van der Waals surface area contributed by atoms with E-state index in [2.05, 4.69) is 81.5 Å². The predicted molar refractivity (Wildman–Crippen MR) is 197 cm³/mol. The molecular formula is C41H47F3N6. The Kier molecular flexibility index (Phi) is 12.6. The molecule has 4 aromatic carbocycles. The fraction of sp³-hybridized carbons (Fsp3) is 0.317. The van der Waals surface area contributed by atoms with Gasteiger partial charge in [-0.3, -0.25) is 19.8 Å². The van der Waals surface area contributed by atoms with Crippen LogP contribution in [0.4, 0.5) is 13.2 Å². The maximum atomic E-state index is 13.2. The van der Waals surface area contributed by atoms with E-state index >= 15 is 0 Å². The maximum absolute atomic E-state index is 13.2. The molecule has 0 fully saturated rings. The molecule has 0 aliphatic heterocycles. The molecule has 0 aliphatic carbocycles. The topological polar surface area (TPSA) is 38.2 Å². The predicted octanol–water partition coefficient (Wildman–Crippen LogP) is 8.33. The van der Waals surface area contributed by atoms with E-state index in [9.17, 15) is 13.2 Å². The summed E-state index contributed by atoms with van der Waals surface area (Å²) in [5.41, 5.74) is 4.75. The third-order valence-corrected chi connectivity index (χ3v) is 8.59. The Morgan fingerprint density at radius 1 is 0.620 bits per heavy atom. The van der Waals surface area contributed by atoms with Crippen LogP contribution in [-0.4, -0.2) is 71.8 Å². The molecule has 5 aromatic rings. The number of halogens is 3. The fourth-order valence-corrected chi connectivity index (χ4v) is 6.25. The lowest BCUT2D eigenvalue weighted by Gasteiger charge is -2.25. The van der Waals surface area contributed by atoms with Crippen LogP contribution in [0.1, 0.15) is 39.9 Å². The minimum Gasteiger partial charge on any atom is -0.349 e. The first-order valence-corrected chi connectivity index (χ1v) is 17.0. The summed E-state index contributed by atoms with van der Waals surface area (Å²) in [6.07, 6.45) is -1.66. The summed E-state index contributed by atoms with van der Waals surface area (Å²) in [5.74, 6) is 0.955. The van der Waals surface area contributed by atoms with Gasteiger partial charge < -0.3 is 9.80 Å². The third-order valence-electron chi connectivity index (χ3n) is 8.59. The smallest absolute Gasteiger partial charge is 0.349 e. The molecule has 0 saturated carbocycles. The third kappa shape index (κ3) is 10.6. The quantitative estimate of drug-likeness (QED) is 0.0670. The standard InChI is InChI=1S/C41H47F3N6/c1-47(2)40(48(3)4)46-25-10-26-49(30-36-13-9-12-35-11-5-6-15-39(35)36)27-32-16-18-33(19-17-32)28-50(31-38-14-7-8-24-45-38)29-34-20-22-37(23-21-34)41(42,43)44/h5-9,11-24H,10,25-31H2,1-4H3. The number of aromatic nitrogens is 1. The molecular weight excluding hydrogens is 633 g/mol. The van der Waals surface area contributed by atoms with Crippen LogP contribution in [0.25, 0.3) is 10.8 Å². The van der Waals surface area contributed by atoms with Gasteiger partial charge in [-0.15, -0.1) is 0 Å². The second kappa shape index (κ2) is 17.3. The lowest BCUT2D eigenvalue weighted by atomic mass is 10.0. The van der Waals surface area contributed by atoms with E-state index in [0.29, 0.717) is 19.6 Å². The van der Waals surface area contributed by atoms with Crippen LogP contribution in [-0.2, 0) is 38.9 Å². The van der Waals surface area contributed by atoms with E-state index in [1.54, 1.807) is 18.3 Å². The van der Waals surface area contributed by atoms with Crippen molar-refractivity contribution in [2.75, 3.05) is 41.3 Å². The zero-order valence-electron chi connectivity index (χ0n) is 29.4. The van der Waals surface area contributed by atoms with Crippen LogP contribution in [0.5, 0.6) is 0 Å². The van der Waals surface area contributed by atoms with E-state index in [0.717, 1.165) is 67.5 Å². The largest absolute Gasteiger partial charge is 0.416 e. The molecule has 1 heterocycles. The van der Waals surface area contributed by atoms with Gasteiger partial charge in [0.1, 0.15) is 0 Å². The van der Waals surface area contributed by atoms with Crippen molar-refractivity contribution in [3.8, 4) is 0 Å². The first-order chi connectivity index (χ1) is 24.0. The monoisotopic (exact) mass is 680 g/mol. The second-order valence-electron chi connectivity index (χ2n) is 13.2. The number of alkyl halides is 3. The Balaban J connectivity index is 1.30. The van der Waals surface area contributed by atoms with Gasteiger partial charge >= 0.3 is 6.18 Å². The molecule has 50 heavy (non-hydrogen) atoms. The van der Waals surface area contributed by atoms with Gasteiger partial charge in [0.15, 0.2) is 5.96 Å². The van der Waals surface area contributed by atoms with Crippen molar-refractivity contribution in [1.29, 1.82) is 0 Å². The van der Waals surface area contributed by atoms with Crippen LogP contribution in [0, 0.1) is 0 Å². The number of nitrogens with zero attached hydrogens (tertiary/aromatic N) is 6. The Morgan fingerprint density at radius 2 is 1.20 bits per heavy atom. The summed E-state index contributed by atoms with van der Waals surface area (Å²) in [7, 11) is 8.06. The van der Waals surface area contributed by atoms with E-state index in [1.165, 1.54) is 21.9 Å². The van der Waals surface area contributed by atoms with Crippen LogP contribution >= 0.6 is 0 Å². The average Bonchev–Trinajstić information content (AvgIpc) is 3.09. The maximum Gasteiger partial charge on any atom is 0.416 e. The van der Waals surface area contributed by atoms with Gasteiger partial charge in [0.25, 0.3) is 0 Å². The average molecular weight is 681 g/mol. The summed E-state index contributed by atoms with van der Waals surface area (Å²) in [5, 5.41) is 2.52. The highest BCUT2D eigenvalue weighted by atomic mass is 19.4. The van der Waals surface area contributed by atoms with Crippen molar-refractivity contribution in [3.05, 3.63) is 149 Å². The van der Waals surface area contributed by atoms with E-state index in [4.69, 9.17) is 4.99 Å². The Hall–Kier alpha value is -4.73. The van der Waals surface area contributed by atoms with Crippen molar-refractivity contribution in [2.45, 2.75) is 45.3 Å². The lowest BCUT2D eigenvalue weighted by Crippen LogP contribution is -2.35. The first kappa shape index (κ1) is 36.5. The molecule has 0 aliphatic rings. The Bertz CT molecular complexity index is 1790. The zero-order valence-corrected chi connectivity index (χ0v) is 29.4. The van der Waals surface area contributed by atoms with Crippen molar-refractivity contribution >= 4 is 16.7 Å². The van der Waals surface area contributed by atoms with Crippen LogP contribution in [0.2, 0.25) is 0 Å². The molecule has 5 rings (SSSR count). The Labute approximate surface area is 294 Å². The van der Waals surface area contributed by atoms with Gasteiger partial charge in [-0.1, -0.05) is 84.9 Å². The minimum atomic E-state index is -4.35. The fourth-order valence-electron chi connectivity index (χ4n) is 6.25. The summed E-state index contributed by atoms with van der Waals surface area (Å²) >= 11 is 0. The molecule has 6 nitrogen and oxygen atoms in total. The highest BCUT2D eigenvalue weighted by molar-refractivity contribution is 5.85. The second-order valence-corrected chi connectivity index (χ2v) is 13.2. The highest BCUT2D eigenvalue weighted by Crippen LogP contribution is 2.29. The molecule has 0 atom stereocenters. The Morgan fingerprint density at radius 3 is 1.80 bits per heavy atom. The molecule has 0 radical (unpaired) electrons. The molecule has 262 valence electrons. The van der Waals surface area contributed by atoms with E-state index in [1.807, 2.05) is 56.2 Å². The first-order valence-electron chi connectivity index (χ1n) is 17.0. The summed E-state index contributed by atoms with van der Waals surface area (Å²) < 4.78 is 39.5. The molecule has 0 saturated heterocycles. The number of guanidine groups is 1. The molecule has 0 amide bonds. The number of aliphatic imine (C=N–C) groups is 1. The van der Waals surface area contributed by atoms with Crippen molar-refractivity contribution in [1.82, 2.24) is 24.6 Å². The van der Waals surface area contributed by atoms with Crippen molar-refractivity contribution < 1.29 is 13.2 Å². The molecule has 1 aromatic heterocycles. The van der Waals surface area contributed by atoms with Crippen molar-refractivity contribution in [3.63, 3.8) is 0 Å². The molecule has 0 spiro atoms. The molecule has 0 bridgehead atoms. The van der Waals surface area contributed by atoms with Crippen molar-refractivity contribution in [2.24, 2.45) is 4.99 Å². The van der Waals surface area contributed by atoms with E-state index in [-0.39, 0.29) is 0 Å². The van der Waals surface area contributed by atoms with Gasteiger partial charge in [-0.25, -0.2) is 0 Å². The van der Waals surface area contributed by atoms with Gasteiger partial charge in [0.05, 0.1) is 11.3 Å². The van der Waals surface area contributed by atoms with Crippen LogP contribution in [0.15, 0.2) is 120 Å². The van der Waals surface area contributed by atoms with E-state index < -0.39 is 11.7 Å². The van der Waals surface area contributed by atoms with Crippen LogP contribution < -0.4 is 0 Å². The summed E-state index contributed by atoms with van der Waals surface area (Å²) in [4.78, 5) is 18.1. The molecule has 0 N–H and O–H groups in total.